The van der Waals surface area contributed by atoms with Gasteiger partial charge in [0, 0.05) is 6.54 Å². The number of nitrogens with one attached hydrogen (secondary N) is 1. The topological polar surface area (TPSA) is 51.2 Å². The van der Waals surface area contributed by atoms with Crippen molar-refractivity contribution in [1.29, 1.82) is 0 Å². The van der Waals surface area contributed by atoms with Gasteiger partial charge in [-0.1, -0.05) is 19.8 Å². The molecule has 106 valence electrons. The van der Waals surface area contributed by atoms with Crippen LogP contribution in [0.15, 0.2) is 5.51 Å². The van der Waals surface area contributed by atoms with Crippen molar-refractivity contribution >= 4 is 22.3 Å². The molecule has 0 amide bonds. The van der Waals surface area contributed by atoms with Gasteiger partial charge in [-0.25, -0.2) is 9.78 Å². The Bertz CT molecular complexity index is 411. The Hall–Kier alpha value is -1.10. The molecule has 1 aromatic heterocycles. The zero-order chi connectivity index (χ0) is 13.7. The number of nitrogens with zero attached hydrogens (tertiary/aromatic N) is 1. The molecule has 1 aliphatic carbocycles. The first-order valence-corrected chi connectivity index (χ1v) is 7.93. The molecule has 0 bridgehead atoms. The maximum atomic E-state index is 11.7. The number of carbonyl (C=O) groups excluding carboxylic acids is 1. The standard InChI is InChI=1S/C14H22N2O2S/c1-3-18-14(17)12-13(19-9-16-12)15-8-11-6-4-10(2)5-7-11/h9-11,15H,3-8H2,1-2H3. The average Bonchev–Trinajstić information content (AvgIpc) is 2.87. The Morgan fingerprint density at radius 1 is 1.47 bits per heavy atom. The van der Waals surface area contributed by atoms with Crippen molar-refractivity contribution < 1.29 is 9.53 Å². The van der Waals surface area contributed by atoms with Gasteiger partial charge in [-0.05, 0) is 31.6 Å². The van der Waals surface area contributed by atoms with Gasteiger partial charge in [-0.3, -0.25) is 0 Å². The first-order chi connectivity index (χ1) is 9.20. The van der Waals surface area contributed by atoms with E-state index >= 15 is 0 Å². The molecule has 1 aromatic rings. The zero-order valence-corrected chi connectivity index (χ0v) is 12.5. The maximum absolute atomic E-state index is 11.7. The summed E-state index contributed by atoms with van der Waals surface area (Å²) in [5.74, 6) is 1.26. The molecule has 0 spiro atoms. The Labute approximate surface area is 118 Å². The molecule has 0 saturated heterocycles. The Kier molecular flexibility index (Phi) is 5.19. The second kappa shape index (κ2) is 6.89. The SMILES string of the molecule is CCOC(=O)c1ncsc1NCC1CCC(C)CC1. The van der Waals surface area contributed by atoms with Crippen molar-refractivity contribution in [2.24, 2.45) is 11.8 Å². The van der Waals surface area contributed by atoms with E-state index in [1.165, 1.54) is 37.0 Å². The van der Waals surface area contributed by atoms with Crippen molar-refractivity contribution in [3.05, 3.63) is 11.2 Å². The lowest BCUT2D eigenvalue weighted by Gasteiger charge is -2.26. The summed E-state index contributed by atoms with van der Waals surface area (Å²) in [6.45, 7) is 5.45. The van der Waals surface area contributed by atoms with Crippen molar-refractivity contribution in [2.75, 3.05) is 18.5 Å². The minimum absolute atomic E-state index is 0.330. The molecule has 19 heavy (non-hydrogen) atoms. The van der Waals surface area contributed by atoms with E-state index < -0.39 is 0 Å². The van der Waals surface area contributed by atoms with Gasteiger partial charge in [0.1, 0.15) is 5.00 Å². The third kappa shape index (κ3) is 3.93. The molecule has 1 N–H and O–H groups in total. The number of ether oxygens (including phenoxy) is 1. The van der Waals surface area contributed by atoms with Gasteiger partial charge in [0.05, 0.1) is 12.1 Å². The summed E-state index contributed by atoms with van der Waals surface area (Å²) in [5, 5.41) is 4.22. The quantitative estimate of drug-likeness (QED) is 0.839. The molecule has 0 radical (unpaired) electrons. The summed E-state index contributed by atoms with van der Waals surface area (Å²) in [6.07, 6.45) is 5.20. The van der Waals surface area contributed by atoms with E-state index in [0.717, 1.165) is 17.5 Å². The van der Waals surface area contributed by atoms with Crippen molar-refractivity contribution in [2.45, 2.75) is 39.5 Å². The summed E-state index contributed by atoms with van der Waals surface area (Å²) in [7, 11) is 0. The third-order valence-electron chi connectivity index (χ3n) is 3.72. The summed E-state index contributed by atoms with van der Waals surface area (Å²) < 4.78 is 5.00. The summed E-state index contributed by atoms with van der Waals surface area (Å²) >= 11 is 1.47. The van der Waals surface area contributed by atoms with Crippen LogP contribution in [-0.4, -0.2) is 24.1 Å². The largest absolute Gasteiger partial charge is 0.461 e. The normalized spacial score (nSPS) is 23.1. The monoisotopic (exact) mass is 282 g/mol. The van der Waals surface area contributed by atoms with Crippen molar-refractivity contribution in [1.82, 2.24) is 4.98 Å². The predicted molar refractivity (Wildman–Crippen MR) is 77.7 cm³/mol. The molecule has 5 heteroatoms. The van der Waals surface area contributed by atoms with E-state index in [1.54, 1.807) is 12.4 Å². The minimum atomic E-state index is -0.330. The van der Waals surface area contributed by atoms with Gasteiger partial charge < -0.3 is 10.1 Å². The van der Waals surface area contributed by atoms with E-state index in [1.807, 2.05) is 0 Å². The molecule has 0 atom stereocenters. The second-order valence-corrected chi connectivity index (χ2v) is 6.11. The lowest BCUT2D eigenvalue weighted by Crippen LogP contribution is -2.20. The van der Waals surface area contributed by atoms with Crippen LogP contribution in [-0.2, 0) is 4.74 Å². The van der Waals surface area contributed by atoms with Gasteiger partial charge in [0.15, 0.2) is 5.69 Å². The molecule has 0 aromatic carbocycles. The molecule has 1 aliphatic rings. The summed E-state index contributed by atoms with van der Waals surface area (Å²) in [4.78, 5) is 15.8. The molecule has 0 aliphatic heterocycles. The number of anilines is 1. The number of rotatable bonds is 5. The van der Waals surface area contributed by atoms with Crippen LogP contribution in [0.3, 0.4) is 0 Å². The molecule has 0 unspecified atom stereocenters. The zero-order valence-electron chi connectivity index (χ0n) is 11.6. The highest BCUT2D eigenvalue weighted by molar-refractivity contribution is 7.14. The van der Waals surface area contributed by atoms with Gasteiger partial charge in [-0.15, -0.1) is 11.3 Å². The van der Waals surface area contributed by atoms with Crippen LogP contribution in [0.5, 0.6) is 0 Å². The lowest BCUT2D eigenvalue weighted by molar-refractivity contribution is 0.0521. The molecule has 4 nitrogen and oxygen atoms in total. The van der Waals surface area contributed by atoms with Crippen molar-refractivity contribution in [3.8, 4) is 0 Å². The number of esters is 1. The number of carbonyl (C=O) groups is 1. The lowest BCUT2D eigenvalue weighted by atomic mass is 9.83. The number of aromatic nitrogens is 1. The fraction of sp³-hybridized carbons (Fsp3) is 0.714. The maximum Gasteiger partial charge on any atom is 0.360 e. The first-order valence-electron chi connectivity index (χ1n) is 7.05. The van der Waals surface area contributed by atoms with Crippen LogP contribution in [0.4, 0.5) is 5.00 Å². The molecule has 1 saturated carbocycles. The Morgan fingerprint density at radius 3 is 2.89 bits per heavy atom. The fourth-order valence-corrected chi connectivity index (χ4v) is 3.16. The van der Waals surface area contributed by atoms with E-state index in [0.29, 0.717) is 18.2 Å². The average molecular weight is 282 g/mol. The molecule has 1 fully saturated rings. The first kappa shape index (κ1) is 14.3. The van der Waals surface area contributed by atoms with Crippen LogP contribution in [0.2, 0.25) is 0 Å². The van der Waals surface area contributed by atoms with Gasteiger partial charge in [0.2, 0.25) is 0 Å². The van der Waals surface area contributed by atoms with E-state index in [2.05, 4.69) is 17.2 Å². The number of hydrogen-bond acceptors (Lipinski definition) is 5. The predicted octanol–water partition coefficient (Wildman–Crippen LogP) is 3.56. The highest BCUT2D eigenvalue weighted by Gasteiger charge is 2.20. The fourth-order valence-electron chi connectivity index (χ4n) is 2.49. The van der Waals surface area contributed by atoms with Crippen LogP contribution in [0, 0.1) is 11.8 Å². The van der Waals surface area contributed by atoms with E-state index in [-0.39, 0.29) is 5.97 Å². The molecule has 2 rings (SSSR count). The highest BCUT2D eigenvalue weighted by Crippen LogP contribution is 2.29. The van der Waals surface area contributed by atoms with Crippen LogP contribution in [0.1, 0.15) is 50.0 Å². The second-order valence-electron chi connectivity index (χ2n) is 5.26. The summed E-state index contributed by atoms with van der Waals surface area (Å²) in [6, 6.07) is 0. The van der Waals surface area contributed by atoms with Crippen LogP contribution >= 0.6 is 11.3 Å². The van der Waals surface area contributed by atoms with Gasteiger partial charge in [-0.2, -0.15) is 0 Å². The van der Waals surface area contributed by atoms with E-state index in [4.69, 9.17) is 4.74 Å². The minimum Gasteiger partial charge on any atom is -0.461 e. The smallest absolute Gasteiger partial charge is 0.360 e. The van der Waals surface area contributed by atoms with Crippen LogP contribution in [0.25, 0.3) is 0 Å². The van der Waals surface area contributed by atoms with Crippen LogP contribution < -0.4 is 5.32 Å². The number of thiazole rings is 1. The Balaban J connectivity index is 1.86. The molecular weight excluding hydrogens is 260 g/mol. The number of hydrogen-bond donors (Lipinski definition) is 1. The van der Waals surface area contributed by atoms with Crippen molar-refractivity contribution in [3.63, 3.8) is 0 Å². The molecule has 1 heterocycles. The van der Waals surface area contributed by atoms with Gasteiger partial charge in [0.25, 0.3) is 0 Å². The van der Waals surface area contributed by atoms with Gasteiger partial charge >= 0.3 is 5.97 Å². The highest BCUT2D eigenvalue weighted by atomic mass is 32.1. The van der Waals surface area contributed by atoms with E-state index in [9.17, 15) is 4.79 Å². The summed E-state index contributed by atoms with van der Waals surface area (Å²) in [5.41, 5.74) is 2.12. The molecular formula is C14H22N2O2S. The Morgan fingerprint density at radius 2 is 2.21 bits per heavy atom. The third-order valence-corrected chi connectivity index (χ3v) is 4.51.